The topological polar surface area (TPSA) is 116 Å². The molecule has 2 heterocycles. The fourth-order valence-electron chi connectivity index (χ4n) is 3.71. The lowest BCUT2D eigenvalue weighted by atomic mass is 9.98. The summed E-state index contributed by atoms with van der Waals surface area (Å²) in [7, 11) is 0. The number of carboxylic acids is 1. The molecule has 0 saturated carbocycles. The fourth-order valence-corrected chi connectivity index (χ4v) is 3.71. The highest BCUT2D eigenvalue weighted by Gasteiger charge is 2.44. The molecule has 0 aromatic heterocycles. The molecule has 0 aromatic rings. The van der Waals surface area contributed by atoms with Crippen LogP contribution in [-0.4, -0.2) is 47.1 Å². The van der Waals surface area contributed by atoms with E-state index in [1.165, 1.54) is 6.92 Å². The van der Waals surface area contributed by atoms with Crippen molar-refractivity contribution >= 4 is 23.7 Å². The van der Waals surface area contributed by atoms with Gasteiger partial charge in [-0.05, 0) is 38.3 Å². The lowest BCUT2D eigenvalue weighted by molar-refractivity contribution is -0.147. The zero-order chi connectivity index (χ0) is 22.9. The summed E-state index contributed by atoms with van der Waals surface area (Å²) in [5.41, 5.74) is -0.787. The molecule has 0 unspecified atom stereocenters. The van der Waals surface area contributed by atoms with Gasteiger partial charge in [-0.3, -0.25) is 14.4 Å². The molecule has 0 aromatic carbocycles. The smallest absolute Gasteiger partial charge is 0.346 e. The minimum absolute atomic E-state index is 0.166. The van der Waals surface area contributed by atoms with Gasteiger partial charge in [0.1, 0.15) is 16.9 Å². The SMILES string of the molecule is CC(=O)OCCCCCCCCCC[C@]1(C)C=C/C(=C2\C(=O)O[C@@H](CC(=O)O)C2=O)O1. The number of ether oxygens (including phenoxy) is 3. The van der Waals surface area contributed by atoms with Crippen LogP contribution in [0.25, 0.3) is 0 Å². The first-order valence-electron chi connectivity index (χ1n) is 10.9. The number of aliphatic carboxylic acids is 1. The van der Waals surface area contributed by atoms with E-state index in [1.54, 1.807) is 6.08 Å². The van der Waals surface area contributed by atoms with Crippen molar-refractivity contribution in [2.45, 2.75) is 89.8 Å². The number of carboxylic acid groups (broad SMARTS) is 1. The molecular formula is C23H32O8. The normalized spacial score (nSPS) is 24.9. The second kappa shape index (κ2) is 11.7. The first-order chi connectivity index (χ1) is 14.7. The van der Waals surface area contributed by atoms with Crippen molar-refractivity contribution in [1.82, 2.24) is 0 Å². The first kappa shape index (κ1) is 24.6. The van der Waals surface area contributed by atoms with E-state index in [2.05, 4.69) is 0 Å². The van der Waals surface area contributed by atoms with E-state index in [-0.39, 0.29) is 17.3 Å². The molecule has 172 valence electrons. The Morgan fingerprint density at radius 3 is 2.29 bits per heavy atom. The zero-order valence-corrected chi connectivity index (χ0v) is 18.3. The Hall–Kier alpha value is -2.64. The number of esters is 2. The van der Waals surface area contributed by atoms with E-state index in [0.717, 1.165) is 57.8 Å². The van der Waals surface area contributed by atoms with Crippen LogP contribution >= 0.6 is 0 Å². The van der Waals surface area contributed by atoms with Crippen molar-refractivity contribution in [3.8, 4) is 0 Å². The van der Waals surface area contributed by atoms with Gasteiger partial charge in [0, 0.05) is 6.92 Å². The maximum absolute atomic E-state index is 12.3. The molecule has 2 atom stereocenters. The number of hydrogen-bond donors (Lipinski definition) is 1. The molecule has 8 heteroatoms. The average molecular weight is 437 g/mol. The Labute approximate surface area is 182 Å². The van der Waals surface area contributed by atoms with Gasteiger partial charge in [0.25, 0.3) is 0 Å². The van der Waals surface area contributed by atoms with Gasteiger partial charge >= 0.3 is 17.9 Å². The maximum Gasteiger partial charge on any atom is 0.346 e. The van der Waals surface area contributed by atoms with Crippen LogP contribution < -0.4 is 0 Å². The summed E-state index contributed by atoms with van der Waals surface area (Å²) in [5.74, 6) is -2.72. The van der Waals surface area contributed by atoms with Crippen LogP contribution in [0.15, 0.2) is 23.5 Å². The number of Topliss-reactive ketones (excluding diaryl/α,β-unsaturated/α-hetero) is 1. The first-order valence-corrected chi connectivity index (χ1v) is 10.9. The largest absolute Gasteiger partial charge is 0.482 e. The number of ketones is 1. The van der Waals surface area contributed by atoms with Crippen LogP contribution in [0.2, 0.25) is 0 Å². The number of carbonyl (C=O) groups excluding carboxylic acids is 3. The monoisotopic (exact) mass is 436 g/mol. The predicted molar refractivity (Wildman–Crippen MR) is 111 cm³/mol. The molecule has 8 nitrogen and oxygen atoms in total. The molecular weight excluding hydrogens is 404 g/mol. The van der Waals surface area contributed by atoms with Crippen LogP contribution in [0.3, 0.4) is 0 Å². The summed E-state index contributed by atoms with van der Waals surface area (Å²) >= 11 is 0. The molecule has 0 radical (unpaired) electrons. The van der Waals surface area contributed by atoms with Crippen LogP contribution in [0.4, 0.5) is 0 Å². The van der Waals surface area contributed by atoms with Gasteiger partial charge in [-0.2, -0.15) is 0 Å². The summed E-state index contributed by atoms with van der Waals surface area (Å²) in [6.45, 7) is 3.83. The standard InChI is InChI=1S/C23H32O8/c1-16(24)29-14-10-8-6-4-3-5-7-9-12-23(2)13-11-17(31-23)20-21(27)18(15-19(25)26)30-22(20)28/h11,13,18H,3-10,12,14-15H2,1-2H3,(H,25,26)/b20-17+/t18-,23+/m0/s1. The van der Waals surface area contributed by atoms with Gasteiger partial charge in [-0.1, -0.05) is 38.5 Å². The van der Waals surface area contributed by atoms with Gasteiger partial charge in [0.15, 0.2) is 6.10 Å². The van der Waals surface area contributed by atoms with Crippen molar-refractivity contribution in [1.29, 1.82) is 0 Å². The molecule has 1 fully saturated rings. The molecule has 0 bridgehead atoms. The van der Waals surface area contributed by atoms with Crippen LogP contribution in [0.1, 0.15) is 78.1 Å². The van der Waals surface area contributed by atoms with E-state index in [0.29, 0.717) is 6.61 Å². The molecule has 31 heavy (non-hydrogen) atoms. The third-order valence-electron chi connectivity index (χ3n) is 5.40. The third kappa shape index (κ3) is 7.84. The van der Waals surface area contributed by atoms with E-state index in [4.69, 9.17) is 19.3 Å². The predicted octanol–water partition coefficient (Wildman–Crippen LogP) is 3.63. The van der Waals surface area contributed by atoms with Crippen molar-refractivity contribution in [3.05, 3.63) is 23.5 Å². The van der Waals surface area contributed by atoms with Crippen molar-refractivity contribution < 1.29 is 38.5 Å². The highest BCUT2D eigenvalue weighted by molar-refractivity contribution is 6.24. The summed E-state index contributed by atoms with van der Waals surface area (Å²) < 4.78 is 15.7. The number of rotatable bonds is 13. The van der Waals surface area contributed by atoms with Gasteiger partial charge in [-0.25, -0.2) is 4.79 Å². The number of cyclic esters (lactones) is 1. The molecule has 1 N–H and O–H groups in total. The average Bonchev–Trinajstić information content (AvgIpc) is 3.18. The number of hydrogen-bond acceptors (Lipinski definition) is 7. The van der Waals surface area contributed by atoms with Crippen molar-refractivity contribution in [2.24, 2.45) is 0 Å². The van der Waals surface area contributed by atoms with Crippen LogP contribution in [-0.2, 0) is 33.4 Å². The van der Waals surface area contributed by atoms with Crippen molar-refractivity contribution in [3.63, 3.8) is 0 Å². The van der Waals surface area contributed by atoms with E-state index in [9.17, 15) is 19.2 Å². The molecule has 1 saturated heterocycles. The van der Waals surface area contributed by atoms with E-state index >= 15 is 0 Å². The summed E-state index contributed by atoms with van der Waals surface area (Å²) in [5, 5.41) is 8.83. The number of carbonyl (C=O) groups is 4. The Morgan fingerprint density at radius 1 is 1.06 bits per heavy atom. The third-order valence-corrected chi connectivity index (χ3v) is 5.40. The Balaban J connectivity index is 1.65. The van der Waals surface area contributed by atoms with Gasteiger partial charge < -0.3 is 19.3 Å². The molecule has 0 aliphatic carbocycles. The molecule has 2 aliphatic heterocycles. The lowest BCUT2D eigenvalue weighted by Gasteiger charge is -2.23. The lowest BCUT2D eigenvalue weighted by Crippen LogP contribution is -2.23. The highest BCUT2D eigenvalue weighted by Crippen LogP contribution is 2.35. The minimum atomic E-state index is -1.28. The summed E-state index contributed by atoms with van der Waals surface area (Å²) in [4.78, 5) is 45.8. The zero-order valence-electron chi connectivity index (χ0n) is 18.3. The highest BCUT2D eigenvalue weighted by atomic mass is 16.6. The number of unbranched alkanes of at least 4 members (excludes halogenated alkanes) is 7. The fraction of sp³-hybridized carbons (Fsp3) is 0.652. The molecule has 2 aliphatic rings. The Morgan fingerprint density at radius 2 is 1.68 bits per heavy atom. The second-order valence-corrected chi connectivity index (χ2v) is 8.26. The summed E-state index contributed by atoms with van der Waals surface area (Å²) in [6, 6.07) is 0. The van der Waals surface area contributed by atoms with Gasteiger partial charge in [0.2, 0.25) is 5.78 Å². The molecule has 0 amide bonds. The van der Waals surface area contributed by atoms with E-state index in [1.807, 2.05) is 13.0 Å². The molecule has 2 rings (SSSR count). The number of allylic oxidation sites excluding steroid dienone is 1. The minimum Gasteiger partial charge on any atom is -0.482 e. The maximum atomic E-state index is 12.3. The van der Waals surface area contributed by atoms with E-state index < -0.39 is 35.8 Å². The van der Waals surface area contributed by atoms with Crippen LogP contribution in [0.5, 0.6) is 0 Å². The Kier molecular flexibility index (Phi) is 9.27. The Bertz CT molecular complexity index is 751. The van der Waals surface area contributed by atoms with Gasteiger partial charge in [-0.15, -0.1) is 0 Å². The molecule has 0 spiro atoms. The second-order valence-electron chi connectivity index (χ2n) is 8.26. The van der Waals surface area contributed by atoms with Gasteiger partial charge in [0.05, 0.1) is 13.0 Å². The summed E-state index contributed by atoms with van der Waals surface area (Å²) in [6.07, 6.45) is 10.9. The quantitative estimate of drug-likeness (QED) is 0.201. The van der Waals surface area contributed by atoms with Crippen molar-refractivity contribution in [2.75, 3.05) is 6.61 Å². The van der Waals surface area contributed by atoms with Crippen LogP contribution in [0, 0.1) is 0 Å².